The van der Waals surface area contributed by atoms with Gasteiger partial charge in [-0.05, 0) is 37.1 Å². The second-order valence-corrected chi connectivity index (χ2v) is 8.42. The Labute approximate surface area is 153 Å². The summed E-state index contributed by atoms with van der Waals surface area (Å²) in [6.45, 7) is 3.70. The summed E-state index contributed by atoms with van der Waals surface area (Å²) in [6, 6.07) is 14.6. The Morgan fingerprint density at radius 1 is 1.23 bits per heavy atom. The lowest BCUT2D eigenvalue weighted by Gasteiger charge is -2.34. The Morgan fingerprint density at radius 3 is 2.58 bits per heavy atom. The number of nitrogens with one attached hydrogen (secondary N) is 1. The predicted octanol–water partition coefficient (Wildman–Crippen LogP) is 2.40. The van der Waals surface area contributed by atoms with Crippen molar-refractivity contribution in [1.29, 1.82) is 0 Å². The van der Waals surface area contributed by atoms with Gasteiger partial charge in [0.1, 0.15) is 5.75 Å². The molecule has 1 heterocycles. The van der Waals surface area contributed by atoms with Crippen LogP contribution in [0.5, 0.6) is 5.75 Å². The average molecular weight is 374 g/mol. The van der Waals surface area contributed by atoms with E-state index in [4.69, 9.17) is 4.74 Å². The molecule has 1 aliphatic rings. The third-order valence-corrected chi connectivity index (χ3v) is 5.48. The Hall–Kier alpha value is -2.54. The number of carbonyl (C=O) groups excluding carboxylic acids is 1. The first-order valence-electron chi connectivity index (χ1n) is 8.36. The fraction of sp³-hybridized carbons (Fsp3) is 0.316. The molecule has 138 valence electrons. The summed E-state index contributed by atoms with van der Waals surface area (Å²) in [5.74, 6) is 0.0426. The molecule has 7 heteroatoms. The van der Waals surface area contributed by atoms with E-state index in [0.29, 0.717) is 11.4 Å². The van der Waals surface area contributed by atoms with E-state index in [1.54, 1.807) is 12.1 Å². The molecule has 1 amide bonds. The van der Waals surface area contributed by atoms with Crippen molar-refractivity contribution in [2.45, 2.75) is 26.0 Å². The van der Waals surface area contributed by atoms with Crippen LogP contribution in [0.2, 0.25) is 0 Å². The van der Waals surface area contributed by atoms with Crippen LogP contribution in [0.1, 0.15) is 24.1 Å². The summed E-state index contributed by atoms with van der Waals surface area (Å²) in [7, 11) is -3.53. The monoisotopic (exact) mass is 374 g/mol. The molecule has 3 rings (SSSR count). The lowest BCUT2D eigenvalue weighted by atomic mass is 10.1. The summed E-state index contributed by atoms with van der Waals surface area (Å²) in [4.78, 5) is 12.7. The van der Waals surface area contributed by atoms with Crippen molar-refractivity contribution in [2.24, 2.45) is 0 Å². The lowest BCUT2D eigenvalue weighted by molar-refractivity contribution is -0.128. The van der Waals surface area contributed by atoms with Crippen molar-refractivity contribution in [3.05, 3.63) is 59.7 Å². The second-order valence-electron chi connectivity index (χ2n) is 6.51. The largest absolute Gasteiger partial charge is 0.476 e. The van der Waals surface area contributed by atoms with Crippen LogP contribution in [0.15, 0.2) is 48.5 Å². The molecule has 2 aromatic carbocycles. The fourth-order valence-corrected chi connectivity index (χ4v) is 3.85. The van der Waals surface area contributed by atoms with Gasteiger partial charge in [-0.1, -0.05) is 36.4 Å². The van der Waals surface area contributed by atoms with Gasteiger partial charge in [-0.15, -0.1) is 0 Å². The molecule has 26 heavy (non-hydrogen) atoms. The minimum Gasteiger partial charge on any atom is -0.476 e. The summed E-state index contributed by atoms with van der Waals surface area (Å²) in [5.41, 5.74) is 2.35. The Balaban J connectivity index is 1.83. The molecule has 0 saturated carbocycles. The minimum absolute atomic E-state index is 0.0529. The Kier molecular flexibility index (Phi) is 4.91. The van der Waals surface area contributed by atoms with E-state index in [2.05, 4.69) is 5.32 Å². The number of hydrogen-bond donors (Lipinski definition) is 1. The zero-order chi connectivity index (χ0) is 18.9. The van der Waals surface area contributed by atoms with Crippen LogP contribution in [-0.4, -0.2) is 33.2 Å². The maximum Gasteiger partial charge on any atom is 0.263 e. The molecule has 6 nitrogen and oxygen atoms in total. The first-order chi connectivity index (χ1) is 12.3. The number of hydrogen-bond acceptors (Lipinski definition) is 4. The number of benzene rings is 2. The molecule has 0 saturated heterocycles. The van der Waals surface area contributed by atoms with Gasteiger partial charge in [0, 0.05) is 0 Å². The van der Waals surface area contributed by atoms with Crippen molar-refractivity contribution in [1.82, 2.24) is 5.32 Å². The minimum atomic E-state index is -3.53. The van der Waals surface area contributed by atoms with Gasteiger partial charge in [-0.3, -0.25) is 9.10 Å². The van der Waals surface area contributed by atoms with Crippen LogP contribution < -0.4 is 14.4 Å². The average Bonchev–Trinajstić information content (AvgIpc) is 2.60. The maximum absolute atomic E-state index is 12.7. The third kappa shape index (κ3) is 3.83. The molecule has 1 aliphatic heterocycles. The maximum atomic E-state index is 12.7. The topological polar surface area (TPSA) is 75.7 Å². The quantitative estimate of drug-likeness (QED) is 0.892. The zero-order valence-electron chi connectivity index (χ0n) is 15.0. The van der Waals surface area contributed by atoms with E-state index >= 15 is 0 Å². The highest BCUT2D eigenvalue weighted by molar-refractivity contribution is 7.92. The molecule has 0 unspecified atom stereocenters. The van der Waals surface area contributed by atoms with Crippen LogP contribution >= 0.6 is 0 Å². The highest BCUT2D eigenvalue weighted by Gasteiger charge is 2.35. The van der Waals surface area contributed by atoms with Crippen LogP contribution in [-0.2, 0) is 14.8 Å². The Morgan fingerprint density at radius 2 is 1.92 bits per heavy atom. The van der Waals surface area contributed by atoms with E-state index in [1.165, 1.54) is 4.31 Å². The van der Waals surface area contributed by atoms with Crippen LogP contribution in [0.4, 0.5) is 5.69 Å². The third-order valence-electron chi connectivity index (χ3n) is 4.34. The molecule has 1 N–H and O–H groups in total. The molecule has 2 atom stereocenters. The van der Waals surface area contributed by atoms with Crippen LogP contribution in [0.25, 0.3) is 0 Å². The number of anilines is 1. The van der Waals surface area contributed by atoms with Crippen LogP contribution in [0, 0.1) is 6.92 Å². The van der Waals surface area contributed by atoms with Gasteiger partial charge < -0.3 is 10.1 Å². The molecular formula is C19H22N2O4S. The number of ether oxygens (including phenoxy) is 1. The van der Waals surface area contributed by atoms with Crippen molar-refractivity contribution < 1.29 is 17.9 Å². The Bertz CT molecular complexity index is 912. The SMILES string of the molecule is Cc1ccc2c(c1)N(S(C)(=O)=O)C[C@H](C(=O)N[C@@H](C)c1ccccc1)O2. The van der Waals surface area contributed by atoms with Gasteiger partial charge in [-0.2, -0.15) is 0 Å². The number of rotatable bonds is 4. The van der Waals surface area contributed by atoms with Gasteiger partial charge in [-0.25, -0.2) is 8.42 Å². The molecular weight excluding hydrogens is 352 g/mol. The molecule has 0 bridgehead atoms. The normalized spacial score (nSPS) is 17.8. The predicted molar refractivity (Wildman–Crippen MR) is 101 cm³/mol. The summed E-state index contributed by atoms with van der Waals surface area (Å²) >= 11 is 0. The number of nitrogens with zero attached hydrogens (tertiary/aromatic N) is 1. The van der Waals surface area contributed by atoms with E-state index in [1.807, 2.05) is 50.2 Å². The van der Waals surface area contributed by atoms with Gasteiger partial charge in [0.2, 0.25) is 10.0 Å². The molecule has 0 spiro atoms. The van der Waals surface area contributed by atoms with Gasteiger partial charge >= 0.3 is 0 Å². The van der Waals surface area contributed by atoms with Crippen molar-refractivity contribution in [2.75, 3.05) is 17.1 Å². The fourth-order valence-electron chi connectivity index (χ4n) is 2.94. The van der Waals surface area contributed by atoms with E-state index in [9.17, 15) is 13.2 Å². The smallest absolute Gasteiger partial charge is 0.263 e. The van der Waals surface area contributed by atoms with Gasteiger partial charge in [0.25, 0.3) is 5.91 Å². The summed E-state index contributed by atoms with van der Waals surface area (Å²) in [6.07, 6.45) is 0.220. The molecule has 2 aromatic rings. The van der Waals surface area contributed by atoms with E-state index in [-0.39, 0.29) is 18.5 Å². The number of fused-ring (bicyclic) bond motifs is 1. The number of aryl methyl sites for hydroxylation is 1. The summed E-state index contributed by atoms with van der Waals surface area (Å²) in [5, 5.41) is 2.89. The number of sulfonamides is 1. The molecule has 0 fully saturated rings. The molecule has 0 radical (unpaired) electrons. The van der Waals surface area contributed by atoms with Gasteiger partial charge in [0.15, 0.2) is 6.10 Å². The number of carbonyl (C=O) groups is 1. The standard InChI is InChI=1S/C19H22N2O4S/c1-13-9-10-17-16(11-13)21(26(3,23)24)12-18(25-17)19(22)20-14(2)15-7-5-4-6-8-15/h4-11,14,18H,12H2,1-3H3,(H,20,22)/t14-,18+/m0/s1. The van der Waals surface area contributed by atoms with Crippen molar-refractivity contribution >= 4 is 21.6 Å². The van der Waals surface area contributed by atoms with Crippen molar-refractivity contribution in [3.63, 3.8) is 0 Å². The first kappa shape index (κ1) is 18.3. The highest BCUT2D eigenvalue weighted by atomic mass is 32.2. The number of amides is 1. The van der Waals surface area contributed by atoms with E-state index in [0.717, 1.165) is 17.4 Å². The van der Waals surface area contributed by atoms with Crippen LogP contribution in [0.3, 0.4) is 0 Å². The second kappa shape index (κ2) is 6.99. The highest BCUT2D eigenvalue weighted by Crippen LogP contribution is 2.35. The van der Waals surface area contributed by atoms with E-state index < -0.39 is 16.1 Å². The lowest BCUT2D eigenvalue weighted by Crippen LogP contribution is -2.50. The summed E-state index contributed by atoms with van der Waals surface area (Å²) < 4.78 is 31.4. The first-order valence-corrected chi connectivity index (χ1v) is 10.2. The molecule has 0 aliphatic carbocycles. The van der Waals surface area contributed by atoms with Gasteiger partial charge in [0.05, 0.1) is 24.5 Å². The zero-order valence-corrected chi connectivity index (χ0v) is 15.8. The van der Waals surface area contributed by atoms with Crippen molar-refractivity contribution in [3.8, 4) is 5.75 Å². The molecule has 0 aromatic heterocycles.